The first-order valence-corrected chi connectivity index (χ1v) is 7.22. The maximum Gasteiger partial charge on any atom is 0.316 e. The number of nitrogens with zero attached hydrogens (tertiary/aromatic N) is 4. The van der Waals surface area contributed by atoms with Gasteiger partial charge >= 0.3 is 11.8 Å². The molecule has 0 aliphatic carbocycles. The van der Waals surface area contributed by atoms with Crippen LogP contribution >= 0.6 is 15.9 Å². The first-order valence-electron chi connectivity index (χ1n) is 6.43. The predicted octanol–water partition coefficient (Wildman–Crippen LogP) is 3.17. The van der Waals surface area contributed by atoms with Crippen LogP contribution in [0.15, 0.2) is 57.8 Å². The van der Waals surface area contributed by atoms with E-state index in [1.54, 1.807) is 31.6 Å². The van der Waals surface area contributed by atoms with E-state index in [9.17, 15) is 4.79 Å². The van der Waals surface area contributed by atoms with Crippen molar-refractivity contribution >= 4 is 27.5 Å². The molecular weight excluding hydrogens is 348 g/mol. The Kier molecular flexibility index (Phi) is 3.97. The van der Waals surface area contributed by atoms with E-state index in [2.05, 4.69) is 31.1 Å². The highest BCUT2D eigenvalue weighted by molar-refractivity contribution is 9.10. The second-order valence-corrected chi connectivity index (χ2v) is 5.42. The van der Waals surface area contributed by atoms with Crippen LogP contribution in [0.1, 0.15) is 10.7 Å². The average molecular weight is 359 g/mol. The molecule has 0 saturated carbocycles. The van der Waals surface area contributed by atoms with Gasteiger partial charge in [0.1, 0.15) is 0 Å². The summed E-state index contributed by atoms with van der Waals surface area (Å²) < 4.78 is 6.00. The molecule has 0 unspecified atom stereocenters. The molecule has 1 aromatic carbocycles. The van der Waals surface area contributed by atoms with Crippen LogP contribution in [0.25, 0.3) is 11.4 Å². The Balaban J connectivity index is 1.84. The van der Waals surface area contributed by atoms with Crippen molar-refractivity contribution in [3.8, 4) is 11.4 Å². The van der Waals surface area contributed by atoms with Gasteiger partial charge in [-0.2, -0.15) is 4.98 Å². The lowest BCUT2D eigenvalue weighted by Gasteiger charge is -2.14. The van der Waals surface area contributed by atoms with Gasteiger partial charge in [-0.3, -0.25) is 9.78 Å². The lowest BCUT2D eigenvalue weighted by molar-refractivity contribution is 0.0951. The molecule has 3 aromatic rings. The molecule has 0 saturated heterocycles. The topological polar surface area (TPSA) is 72.1 Å². The fourth-order valence-corrected chi connectivity index (χ4v) is 2.12. The predicted molar refractivity (Wildman–Crippen MR) is 84.4 cm³/mol. The number of hydrogen-bond acceptors (Lipinski definition) is 5. The number of aromatic nitrogens is 3. The minimum absolute atomic E-state index is 0.0581. The van der Waals surface area contributed by atoms with Crippen LogP contribution in [0.4, 0.5) is 5.69 Å². The summed E-state index contributed by atoms with van der Waals surface area (Å²) in [6, 6.07) is 10.9. The van der Waals surface area contributed by atoms with Gasteiger partial charge < -0.3 is 9.42 Å². The largest absolute Gasteiger partial charge is 0.328 e. The lowest BCUT2D eigenvalue weighted by atomic mass is 10.2. The van der Waals surface area contributed by atoms with Crippen molar-refractivity contribution < 1.29 is 9.32 Å². The van der Waals surface area contributed by atoms with E-state index in [1.807, 2.05) is 24.3 Å². The van der Waals surface area contributed by atoms with Crippen molar-refractivity contribution in [1.29, 1.82) is 0 Å². The zero-order valence-corrected chi connectivity index (χ0v) is 13.2. The monoisotopic (exact) mass is 358 g/mol. The Hall–Kier alpha value is -2.54. The van der Waals surface area contributed by atoms with E-state index < -0.39 is 0 Å². The Labute approximate surface area is 134 Å². The summed E-state index contributed by atoms with van der Waals surface area (Å²) in [6.45, 7) is 0. The molecule has 0 aliphatic heterocycles. The van der Waals surface area contributed by atoms with Gasteiger partial charge in [-0.25, -0.2) is 0 Å². The second-order valence-electron chi connectivity index (χ2n) is 4.50. The molecule has 22 heavy (non-hydrogen) atoms. The number of pyridine rings is 1. The number of amides is 1. The number of anilines is 1. The highest BCUT2D eigenvalue weighted by atomic mass is 79.9. The average Bonchev–Trinajstić information content (AvgIpc) is 3.05. The van der Waals surface area contributed by atoms with Crippen molar-refractivity contribution in [2.45, 2.75) is 0 Å². The quantitative estimate of drug-likeness (QED) is 0.718. The molecule has 0 atom stereocenters. The summed E-state index contributed by atoms with van der Waals surface area (Å²) in [5, 5.41) is 3.83. The highest BCUT2D eigenvalue weighted by Crippen LogP contribution is 2.20. The Bertz CT molecular complexity index is 787. The molecule has 7 heteroatoms. The smallest absolute Gasteiger partial charge is 0.316 e. The van der Waals surface area contributed by atoms with Gasteiger partial charge in [-0.05, 0) is 36.4 Å². The maximum atomic E-state index is 12.4. The molecule has 0 fully saturated rings. The zero-order valence-electron chi connectivity index (χ0n) is 11.6. The number of carbonyl (C=O) groups excluding carboxylic acids is 1. The number of benzene rings is 1. The van der Waals surface area contributed by atoms with Crippen LogP contribution in [-0.4, -0.2) is 28.1 Å². The van der Waals surface area contributed by atoms with Crippen molar-refractivity contribution in [3.63, 3.8) is 0 Å². The van der Waals surface area contributed by atoms with E-state index in [0.717, 1.165) is 15.7 Å². The summed E-state index contributed by atoms with van der Waals surface area (Å²) in [4.78, 5) is 21.9. The fraction of sp³-hybridized carbons (Fsp3) is 0.0667. The Morgan fingerprint density at radius 1 is 1.14 bits per heavy atom. The van der Waals surface area contributed by atoms with Crippen molar-refractivity contribution in [3.05, 3.63) is 59.2 Å². The molecule has 3 rings (SSSR count). The minimum Gasteiger partial charge on any atom is -0.328 e. The van der Waals surface area contributed by atoms with Crippen LogP contribution in [0.5, 0.6) is 0 Å². The van der Waals surface area contributed by atoms with Gasteiger partial charge in [0.2, 0.25) is 5.82 Å². The molecule has 1 amide bonds. The number of hydrogen-bond donors (Lipinski definition) is 0. The van der Waals surface area contributed by atoms with Crippen LogP contribution in [0.3, 0.4) is 0 Å². The molecule has 2 aromatic heterocycles. The molecule has 110 valence electrons. The third kappa shape index (κ3) is 2.89. The van der Waals surface area contributed by atoms with Gasteiger partial charge in [-0.1, -0.05) is 21.1 Å². The number of carbonyl (C=O) groups is 1. The number of halogens is 1. The van der Waals surface area contributed by atoms with Crippen molar-refractivity contribution in [1.82, 2.24) is 15.1 Å². The van der Waals surface area contributed by atoms with Crippen LogP contribution in [-0.2, 0) is 0 Å². The van der Waals surface area contributed by atoms with Gasteiger partial charge in [0.25, 0.3) is 0 Å². The van der Waals surface area contributed by atoms with Crippen LogP contribution in [0, 0.1) is 0 Å². The van der Waals surface area contributed by atoms with Gasteiger partial charge in [0, 0.05) is 35.2 Å². The lowest BCUT2D eigenvalue weighted by Crippen LogP contribution is -2.26. The highest BCUT2D eigenvalue weighted by Gasteiger charge is 2.21. The first-order chi connectivity index (χ1) is 10.6. The van der Waals surface area contributed by atoms with E-state index in [1.165, 1.54) is 4.90 Å². The molecule has 6 nitrogen and oxygen atoms in total. The summed E-state index contributed by atoms with van der Waals surface area (Å²) >= 11 is 3.36. The standard InChI is InChI=1S/C15H11BrN4O2/c1-20(12-4-2-11(16)3-5-12)15(21)14-18-13(19-22-14)10-6-8-17-9-7-10/h2-9H,1H3. The fourth-order valence-electron chi connectivity index (χ4n) is 1.85. The summed E-state index contributed by atoms with van der Waals surface area (Å²) in [7, 11) is 1.65. The third-order valence-corrected chi connectivity index (χ3v) is 3.59. The van der Waals surface area contributed by atoms with Gasteiger partial charge in [0.05, 0.1) is 0 Å². The number of rotatable bonds is 3. The minimum atomic E-state index is -0.366. The summed E-state index contributed by atoms with van der Waals surface area (Å²) in [6.07, 6.45) is 3.25. The Morgan fingerprint density at radius 2 is 1.82 bits per heavy atom. The van der Waals surface area contributed by atoms with Gasteiger partial charge in [-0.15, -0.1) is 0 Å². The molecule has 0 radical (unpaired) electrons. The van der Waals surface area contributed by atoms with Gasteiger partial charge in [0.15, 0.2) is 0 Å². The molecule has 0 N–H and O–H groups in total. The Morgan fingerprint density at radius 3 is 2.50 bits per heavy atom. The third-order valence-electron chi connectivity index (χ3n) is 3.07. The molecule has 0 bridgehead atoms. The molecular formula is C15H11BrN4O2. The van der Waals surface area contributed by atoms with E-state index >= 15 is 0 Å². The zero-order chi connectivity index (χ0) is 15.5. The summed E-state index contributed by atoms with van der Waals surface area (Å²) in [5.74, 6) is -0.0673. The molecule has 0 spiro atoms. The van der Waals surface area contributed by atoms with Crippen LogP contribution in [0.2, 0.25) is 0 Å². The second kappa shape index (κ2) is 6.07. The molecule has 0 aliphatic rings. The van der Waals surface area contributed by atoms with Crippen LogP contribution < -0.4 is 4.90 Å². The van der Waals surface area contributed by atoms with E-state index in [0.29, 0.717) is 5.82 Å². The maximum absolute atomic E-state index is 12.4. The molecule has 2 heterocycles. The first kappa shape index (κ1) is 14.4. The van der Waals surface area contributed by atoms with Crippen molar-refractivity contribution in [2.75, 3.05) is 11.9 Å². The SMILES string of the molecule is CN(C(=O)c1nc(-c2ccncc2)no1)c1ccc(Br)cc1. The van der Waals surface area contributed by atoms with E-state index in [4.69, 9.17) is 4.52 Å². The van der Waals surface area contributed by atoms with Crippen molar-refractivity contribution in [2.24, 2.45) is 0 Å². The van der Waals surface area contributed by atoms with E-state index in [-0.39, 0.29) is 11.8 Å². The normalized spacial score (nSPS) is 10.5. The summed E-state index contributed by atoms with van der Waals surface area (Å²) in [5.41, 5.74) is 1.47.